The van der Waals surface area contributed by atoms with Gasteiger partial charge >= 0.3 is 0 Å². The number of rotatable bonds is 10. The highest BCUT2D eigenvalue weighted by molar-refractivity contribution is 5.27. The lowest BCUT2D eigenvalue weighted by Gasteiger charge is -2.16. The fraction of sp³-hybridized carbons (Fsp3) is 0.579. The lowest BCUT2D eigenvalue weighted by Crippen LogP contribution is -2.25. The van der Waals surface area contributed by atoms with Crippen molar-refractivity contribution in [3.63, 3.8) is 0 Å². The first-order chi connectivity index (χ1) is 9.97. The lowest BCUT2D eigenvalue weighted by atomic mass is 10.1. The van der Waals surface area contributed by atoms with Gasteiger partial charge < -0.3 is 10.1 Å². The third-order valence-corrected chi connectivity index (χ3v) is 3.44. The fourth-order valence-corrected chi connectivity index (χ4v) is 2.16. The Bertz CT molecular complexity index is 408. The van der Waals surface area contributed by atoms with Crippen LogP contribution in [0.1, 0.15) is 52.5 Å². The monoisotopic (exact) mass is 289 g/mol. The van der Waals surface area contributed by atoms with Crippen molar-refractivity contribution in [3.8, 4) is 5.75 Å². The zero-order valence-electron chi connectivity index (χ0n) is 14.1. The van der Waals surface area contributed by atoms with Gasteiger partial charge in [0.15, 0.2) is 0 Å². The van der Waals surface area contributed by atoms with E-state index in [0.717, 1.165) is 38.0 Å². The Morgan fingerprint density at radius 1 is 1.19 bits per heavy atom. The van der Waals surface area contributed by atoms with Crippen LogP contribution in [0.2, 0.25) is 0 Å². The van der Waals surface area contributed by atoms with Gasteiger partial charge in [0.05, 0.1) is 6.10 Å². The Morgan fingerprint density at radius 3 is 2.43 bits per heavy atom. The Kier molecular flexibility index (Phi) is 8.14. The molecular weight excluding hydrogens is 258 g/mol. The van der Waals surface area contributed by atoms with Gasteiger partial charge in [-0.15, -0.1) is 6.58 Å². The predicted molar refractivity (Wildman–Crippen MR) is 92.0 cm³/mol. The molecule has 1 atom stereocenters. The largest absolute Gasteiger partial charge is 0.491 e. The molecule has 1 unspecified atom stereocenters. The highest BCUT2D eigenvalue weighted by Gasteiger charge is 2.04. The van der Waals surface area contributed by atoms with Crippen molar-refractivity contribution < 1.29 is 4.74 Å². The van der Waals surface area contributed by atoms with Crippen LogP contribution in [-0.4, -0.2) is 18.7 Å². The smallest absolute Gasteiger partial charge is 0.119 e. The van der Waals surface area contributed by atoms with E-state index < -0.39 is 0 Å². The van der Waals surface area contributed by atoms with Crippen molar-refractivity contribution in [2.24, 2.45) is 0 Å². The molecule has 2 nitrogen and oxygen atoms in total. The zero-order chi connectivity index (χ0) is 15.7. The van der Waals surface area contributed by atoms with Crippen LogP contribution < -0.4 is 10.1 Å². The second kappa shape index (κ2) is 9.62. The second-order valence-corrected chi connectivity index (χ2v) is 6.28. The van der Waals surface area contributed by atoms with Crippen LogP contribution in [0.4, 0.5) is 0 Å². The van der Waals surface area contributed by atoms with Crippen LogP contribution >= 0.6 is 0 Å². The highest BCUT2D eigenvalue weighted by atomic mass is 16.5. The normalized spacial score (nSPS) is 12.4. The predicted octanol–water partition coefficient (Wildman–Crippen LogP) is 4.74. The maximum Gasteiger partial charge on any atom is 0.119 e. The van der Waals surface area contributed by atoms with Gasteiger partial charge in [0.25, 0.3) is 0 Å². The molecule has 0 radical (unpaired) electrons. The molecule has 2 heteroatoms. The molecule has 1 aromatic carbocycles. The van der Waals surface area contributed by atoms with Crippen molar-refractivity contribution in [2.75, 3.05) is 6.54 Å². The van der Waals surface area contributed by atoms with Crippen LogP contribution in [0.25, 0.3) is 0 Å². The van der Waals surface area contributed by atoms with Crippen molar-refractivity contribution in [1.29, 1.82) is 0 Å². The molecule has 1 aromatic rings. The number of benzene rings is 1. The number of ether oxygens (including phenoxy) is 1. The van der Waals surface area contributed by atoms with E-state index in [-0.39, 0.29) is 6.10 Å². The van der Waals surface area contributed by atoms with Gasteiger partial charge in [-0.1, -0.05) is 31.6 Å². The average molecular weight is 289 g/mol. The summed E-state index contributed by atoms with van der Waals surface area (Å²) >= 11 is 0. The summed E-state index contributed by atoms with van der Waals surface area (Å²) in [6.07, 6.45) is 4.61. The second-order valence-electron chi connectivity index (χ2n) is 6.28. The van der Waals surface area contributed by atoms with Crippen molar-refractivity contribution >= 4 is 0 Å². The summed E-state index contributed by atoms with van der Waals surface area (Å²) in [6, 6.07) is 9.04. The molecule has 0 saturated carbocycles. The topological polar surface area (TPSA) is 21.3 Å². The third-order valence-electron chi connectivity index (χ3n) is 3.44. The maximum atomic E-state index is 5.96. The molecule has 0 saturated heterocycles. The minimum Gasteiger partial charge on any atom is -0.491 e. The van der Waals surface area contributed by atoms with E-state index in [1.165, 1.54) is 11.1 Å². The maximum absolute atomic E-state index is 5.96. The summed E-state index contributed by atoms with van der Waals surface area (Å²) in [7, 11) is 0. The van der Waals surface area contributed by atoms with Gasteiger partial charge in [0, 0.05) is 6.04 Å². The molecule has 118 valence electrons. The van der Waals surface area contributed by atoms with Crippen molar-refractivity contribution in [3.05, 3.63) is 42.0 Å². The highest BCUT2D eigenvalue weighted by Crippen LogP contribution is 2.17. The van der Waals surface area contributed by atoms with Gasteiger partial charge in [0.1, 0.15) is 5.75 Å². The Balaban J connectivity index is 2.29. The molecule has 0 spiro atoms. The number of aryl methyl sites for hydroxylation is 1. The molecule has 21 heavy (non-hydrogen) atoms. The zero-order valence-corrected chi connectivity index (χ0v) is 14.1. The fourth-order valence-electron chi connectivity index (χ4n) is 2.16. The molecule has 0 aromatic heterocycles. The van der Waals surface area contributed by atoms with E-state index >= 15 is 0 Å². The van der Waals surface area contributed by atoms with Crippen molar-refractivity contribution in [1.82, 2.24) is 5.32 Å². The Hall–Kier alpha value is -1.28. The molecule has 0 fully saturated rings. The molecule has 0 aliphatic carbocycles. The van der Waals surface area contributed by atoms with E-state index in [2.05, 4.69) is 63.9 Å². The quantitative estimate of drug-likeness (QED) is 0.496. The van der Waals surface area contributed by atoms with E-state index in [9.17, 15) is 0 Å². The number of nitrogens with one attached hydrogen (secondary N) is 1. The van der Waals surface area contributed by atoms with Crippen LogP contribution in [0.3, 0.4) is 0 Å². The van der Waals surface area contributed by atoms with Crippen molar-refractivity contribution in [2.45, 2.75) is 65.5 Å². The Labute approximate surface area is 130 Å². The molecule has 0 amide bonds. The summed E-state index contributed by atoms with van der Waals surface area (Å²) in [6.45, 7) is 13.6. The first kappa shape index (κ1) is 17.8. The number of hydrogen-bond acceptors (Lipinski definition) is 2. The van der Waals surface area contributed by atoms with Gasteiger partial charge in [-0.3, -0.25) is 0 Å². The van der Waals surface area contributed by atoms with Crippen LogP contribution in [-0.2, 0) is 6.42 Å². The summed E-state index contributed by atoms with van der Waals surface area (Å²) in [4.78, 5) is 0. The van der Waals surface area contributed by atoms with E-state index in [4.69, 9.17) is 4.74 Å². The molecular formula is C19H31NO. The van der Waals surface area contributed by atoms with Gasteiger partial charge in [-0.25, -0.2) is 0 Å². The van der Waals surface area contributed by atoms with Gasteiger partial charge in [0.2, 0.25) is 0 Å². The minimum absolute atomic E-state index is 0.264. The summed E-state index contributed by atoms with van der Waals surface area (Å²) in [5.74, 6) is 0.971. The number of hydrogen-bond donors (Lipinski definition) is 1. The molecule has 0 aliphatic heterocycles. The lowest BCUT2D eigenvalue weighted by molar-refractivity contribution is 0.207. The third kappa shape index (κ3) is 8.56. The summed E-state index contributed by atoms with van der Waals surface area (Å²) in [5, 5.41) is 3.43. The standard InChI is InChI=1S/C19H31NO/c1-15(2)8-9-18-10-12-19(13-11-18)21-17(5)7-6-14-20-16(3)4/h10-13,16-17,20H,1,6-9,14H2,2-5H3. The number of allylic oxidation sites excluding steroid dienone is 1. The van der Waals surface area contributed by atoms with Gasteiger partial charge in [-0.05, 0) is 63.8 Å². The van der Waals surface area contributed by atoms with Crippen LogP contribution in [0.5, 0.6) is 5.75 Å². The minimum atomic E-state index is 0.264. The molecule has 1 rings (SSSR count). The summed E-state index contributed by atoms with van der Waals surface area (Å²) in [5.41, 5.74) is 2.58. The molecule has 0 bridgehead atoms. The van der Waals surface area contributed by atoms with E-state index in [1.807, 2.05) is 0 Å². The van der Waals surface area contributed by atoms with E-state index in [0.29, 0.717) is 6.04 Å². The first-order valence-corrected chi connectivity index (χ1v) is 8.10. The van der Waals surface area contributed by atoms with E-state index in [1.54, 1.807) is 0 Å². The molecule has 1 N–H and O–H groups in total. The first-order valence-electron chi connectivity index (χ1n) is 8.10. The summed E-state index contributed by atoms with van der Waals surface area (Å²) < 4.78 is 5.96. The molecule has 0 aliphatic rings. The van der Waals surface area contributed by atoms with Crippen LogP contribution in [0, 0.1) is 0 Å². The average Bonchev–Trinajstić information content (AvgIpc) is 2.42. The van der Waals surface area contributed by atoms with Crippen LogP contribution in [0.15, 0.2) is 36.4 Å². The SMILES string of the molecule is C=C(C)CCc1ccc(OC(C)CCCNC(C)C)cc1. The van der Waals surface area contributed by atoms with Gasteiger partial charge in [-0.2, -0.15) is 0 Å². The Morgan fingerprint density at radius 2 is 1.86 bits per heavy atom. The molecule has 0 heterocycles.